The molecule has 4 aromatic rings. The monoisotopic (exact) mass is 520 g/mol. The lowest BCUT2D eigenvalue weighted by Gasteiger charge is -2.10. The minimum absolute atomic E-state index is 0.760. The maximum Gasteiger partial charge on any atom is 0.121 e. The minimum Gasteiger partial charge on any atom is -0.494 e. The topological polar surface area (TPSA) is 44.2 Å². The predicted octanol–water partition coefficient (Wildman–Crippen LogP) is 9.50. The molecule has 0 aliphatic rings. The van der Waals surface area contributed by atoms with Crippen LogP contribution in [0.5, 0.6) is 11.5 Å². The van der Waals surface area contributed by atoms with Crippen molar-refractivity contribution in [1.82, 2.24) is 9.97 Å². The number of fused-ring (bicyclic) bond motifs is 2. The Labute approximate surface area is 223 Å². The molecule has 0 unspecified atom stereocenters. The first-order chi connectivity index (χ1) is 17.8. The van der Waals surface area contributed by atoms with Crippen LogP contribution in [0.4, 0.5) is 0 Å². The summed E-state index contributed by atoms with van der Waals surface area (Å²) >= 11 is 0. The number of unbranched alkanes of at least 4 members (excludes halogenated alkanes) is 6. The first-order valence-electron chi connectivity index (χ1n) is 13.2. The fourth-order valence-corrected chi connectivity index (χ4v) is 6.40. The number of ether oxygens (including phenoxy) is 2. The van der Waals surface area contributed by atoms with Crippen molar-refractivity contribution in [3.05, 3.63) is 60.9 Å². The minimum atomic E-state index is 0.760. The van der Waals surface area contributed by atoms with Gasteiger partial charge < -0.3 is 9.47 Å². The van der Waals surface area contributed by atoms with E-state index < -0.39 is 0 Å². The molecule has 0 amide bonds. The Bertz CT molecular complexity index is 1150. The standard InChI is InChI=1S/C30H36N2O2S2/c1-3-5-7-9-19-33-23-11-13-25-27(21-23)31-17-15-29(25)35-36-30-16-18-32-28-22-24(12-14-26(28)30)34-20-10-8-6-4-2/h11-18,21-22H,3-10,19-20H2,1-2H3. The molecule has 6 heteroatoms. The largest absolute Gasteiger partial charge is 0.494 e. The molecule has 4 nitrogen and oxygen atoms in total. The average molecular weight is 521 g/mol. The molecular weight excluding hydrogens is 484 g/mol. The van der Waals surface area contributed by atoms with Gasteiger partial charge in [-0.2, -0.15) is 0 Å². The normalized spacial score (nSPS) is 11.3. The van der Waals surface area contributed by atoms with Crippen LogP contribution in [0.25, 0.3) is 21.8 Å². The number of benzene rings is 2. The van der Waals surface area contributed by atoms with Gasteiger partial charge in [0.05, 0.1) is 24.2 Å². The second-order valence-corrected chi connectivity index (χ2v) is 11.2. The molecule has 2 aromatic heterocycles. The van der Waals surface area contributed by atoms with Crippen LogP contribution < -0.4 is 9.47 Å². The van der Waals surface area contributed by atoms with E-state index in [0.717, 1.165) is 59.4 Å². The molecule has 2 aromatic carbocycles. The molecule has 190 valence electrons. The smallest absolute Gasteiger partial charge is 0.121 e. The zero-order valence-electron chi connectivity index (χ0n) is 21.4. The maximum atomic E-state index is 5.96. The summed E-state index contributed by atoms with van der Waals surface area (Å²) in [4.78, 5) is 11.6. The van der Waals surface area contributed by atoms with E-state index in [0.29, 0.717) is 0 Å². The van der Waals surface area contributed by atoms with Gasteiger partial charge in [0.1, 0.15) is 11.5 Å². The first kappa shape index (κ1) is 26.6. The fourth-order valence-electron chi connectivity index (χ4n) is 4.06. The summed E-state index contributed by atoms with van der Waals surface area (Å²) in [5.74, 6) is 1.79. The van der Waals surface area contributed by atoms with Crippen LogP contribution in [0.15, 0.2) is 70.7 Å². The van der Waals surface area contributed by atoms with Gasteiger partial charge in [-0.1, -0.05) is 74.0 Å². The quantitative estimate of drug-likeness (QED) is 0.115. The van der Waals surface area contributed by atoms with Gasteiger partial charge in [0.15, 0.2) is 0 Å². The Hall–Kier alpha value is -2.44. The predicted molar refractivity (Wildman–Crippen MR) is 154 cm³/mol. The molecule has 0 saturated carbocycles. The average Bonchev–Trinajstić information content (AvgIpc) is 2.91. The van der Waals surface area contributed by atoms with Crippen molar-refractivity contribution in [2.75, 3.05) is 13.2 Å². The van der Waals surface area contributed by atoms with Gasteiger partial charge in [-0.25, -0.2) is 0 Å². The number of rotatable bonds is 15. The van der Waals surface area contributed by atoms with E-state index in [-0.39, 0.29) is 0 Å². The van der Waals surface area contributed by atoms with E-state index in [1.165, 1.54) is 48.3 Å². The molecular formula is C30H36N2O2S2. The molecule has 0 saturated heterocycles. The van der Waals surface area contributed by atoms with Crippen LogP contribution in [0, 0.1) is 0 Å². The summed E-state index contributed by atoms with van der Waals surface area (Å²) in [5.41, 5.74) is 1.93. The van der Waals surface area contributed by atoms with E-state index in [1.54, 1.807) is 21.6 Å². The molecule has 2 heterocycles. The van der Waals surface area contributed by atoms with Crippen LogP contribution >= 0.6 is 21.6 Å². The summed E-state index contributed by atoms with van der Waals surface area (Å²) in [6, 6.07) is 16.6. The maximum absolute atomic E-state index is 5.96. The van der Waals surface area contributed by atoms with Crippen LogP contribution in [0.2, 0.25) is 0 Å². The third kappa shape index (κ3) is 7.53. The lowest BCUT2D eigenvalue weighted by atomic mass is 10.2. The highest BCUT2D eigenvalue weighted by molar-refractivity contribution is 8.76. The Morgan fingerprint density at radius 1 is 0.583 bits per heavy atom. The SMILES string of the molecule is CCCCCCOc1ccc2c(SSc3ccnc4cc(OCCCCCC)ccc34)ccnc2c1. The number of hydrogen-bond acceptors (Lipinski definition) is 6. The Balaban J connectivity index is 1.40. The van der Waals surface area contributed by atoms with Crippen molar-refractivity contribution >= 4 is 43.4 Å². The molecule has 0 aliphatic heterocycles. The number of pyridine rings is 2. The molecule has 0 atom stereocenters. The van der Waals surface area contributed by atoms with E-state index in [1.807, 2.05) is 12.4 Å². The van der Waals surface area contributed by atoms with Crippen LogP contribution in [-0.4, -0.2) is 23.2 Å². The van der Waals surface area contributed by atoms with Crippen molar-refractivity contribution in [1.29, 1.82) is 0 Å². The van der Waals surface area contributed by atoms with Gasteiger partial charge in [0.2, 0.25) is 0 Å². The van der Waals surface area contributed by atoms with Gasteiger partial charge in [-0.15, -0.1) is 0 Å². The summed E-state index contributed by atoms with van der Waals surface area (Å²) in [5, 5.41) is 2.29. The summed E-state index contributed by atoms with van der Waals surface area (Å²) in [7, 11) is 3.51. The number of hydrogen-bond donors (Lipinski definition) is 0. The lowest BCUT2D eigenvalue weighted by Crippen LogP contribution is -1.97. The first-order valence-corrected chi connectivity index (χ1v) is 15.3. The van der Waals surface area contributed by atoms with Gasteiger partial charge in [0, 0.05) is 45.1 Å². The van der Waals surface area contributed by atoms with Gasteiger partial charge in [-0.05, 0) is 49.2 Å². The summed E-state index contributed by atoms with van der Waals surface area (Å²) < 4.78 is 11.9. The highest BCUT2D eigenvalue weighted by atomic mass is 33.1. The Kier molecular flexibility index (Phi) is 10.6. The van der Waals surface area contributed by atoms with Crippen LogP contribution in [0.3, 0.4) is 0 Å². The molecule has 0 aliphatic carbocycles. The van der Waals surface area contributed by atoms with E-state index in [2.05, 4.69) is 72.3 Å². The third-order valence-corrected chi connectivity index (χ3v) is 8.58. The number of nitrogens with zero attached hydrogens (tertiary/aromatic N) is 2. The molecule has 0 bridgehead atoms. The highest BCUT2D eigenvalue weighted by Gasteiger charge is 2.09. The van der Waals surface area contributed by atoms with Gasteiger partial charge >= 0.3 is 0 Å². The van der Waals surface area contributed by atoms with Crippen molar-refractivity contribution in [2.45, 2.75) is 75.0 Å². The summed E-state index contributed by atoms with van der Waals surface area (Å²) in [6.45, 7) is 5.97. The van der Waals surface area contributed by atoms with Crippen LogP contribution in [-0.2, 0) is 0 Å². The lowest BCUT2D eigenvalue weighted by molar-refractivity contribution is 0.305. The molecule has 0 spiro atoms. The van der Waals surface area contributed by atoms with Gasteiger partial charge in [0.25, 0.3) is 0 Å². The Morgan fingerprint density at radius 3 is 1.50 bits per heavy atom. The molecule has 4 rings (SSSR count). The Morgan fingerprint density at radius 2 is 1.06 bits per heavy atom. The fraction of sp³-hybridized carbons (Fsp3) is 0.400. The molecule has 36 heavy (non-hydrogen) atoms. The van der Waals surface area contributed by atoms with E-state index >= 15 is 0 Å². The van der Waals surface area contributed by atoms with Crippen molar-refractivity contribution in [3.63, 3.8) is 0 Å². The molecule has 0 fully saturated rings. The molecule has 0 radical (unpaired) electrons. The van der Waals surface area contributed by atoms with Crippen molar-refractivity contribution < 1.29 is 9.47 Å². The molecule has 0 N–H and O–H groups in total. The third-order valence-electron chi connectivity index (χ3n) is 6.10. The second kappa shape index (κ2) is 14.3. The highest BCUT2D eigenvalue weighted by Crippen LogP contribution is 2.43. The van der Waals surface area contributed by atoms with E-state index in [9.17, 15) is 0 Å². The zero-order chi connectivity index (χ0) is 25.0. The van der Waals surface area contributed by atoms with Crippen molar-refractivity contribution in [3.8, 4) is 11.5 Å². The van der Waals surface area contributed by atoms with Crippen molar-refractivity contribution in [2.24, 2.45) is 0 Å². The van der Waals surface area contributed by atoms with Crippen LogP contribution in [0.1, 0.15) is 65.2 Å². The van der Waals surface area contributed by atoms with E-state index in [4.69, 9.17) is 9.47 Å². The second-order valence-electron chi connectivity index (χ2n) is 8.96. The summed E-state index contributed by atoms with van der Waals surface area (Å²) in [6.07, 6.45) is 13.4. The van der Waals surface area contributed by atoms with Gasteiger partial charge in [-0.3, -0.25) is 9.97 Å². The zero-order valence-corrected chi connectivity index (χ0v) is 23.0. The number of aromatic nitrogens is 2.